The lowest BCUT2D eigenvalue weighted by molar-refractivity contribution is -0.120. The van der Waals surface area contributed by atoms with Crippen molar-refractivity contribution in [2.75, 3.05) is 0 Å². The Kier molecular flexibility index (Phi) is 4.97. The number of amides is 1. The molecule has 18 heavy (non-hydrogen) atoms. The van der Waals surface area contributed by atoms with Gasteiger partial charge < -0.3 is 5.32 Å². The van der Waals surface area contributed by atoms with E-state index < -0.39 is 0 Å². The van der Waals surface area contributed by atoms with E-state index in [4.69, 9.17) is 0 Å². The Morgan fingerprint density at radius 2 is 2.11 bits per heavy atom. The third-order valence-electron chi connectivity index (χ3n) is 2.39. The summed E-state index contributed by atoms with van der Waals surface area (Å²) in [5, 5.41) is 4.92. The van der Waals surface area contributed by atoms with E-state index in [9.17, 15) is 4.79 Å². The van der Waals surface area contributed by atoms with E-state index in [-0.39, 0.29) is 5.91 Å². The molecule has 0 fully saturated rings. The molecule has 0 radical (unpaired) electrons. The molecule has 94 valence electrons. The van der Waals surface area contributed by atoms with Gasteiger partial charge in [0.1, 0.15) is 0 Å². The van der Waals surface area contributed by atoms with Crippen LogP contribution in [0.25, 0.3) is 0 Å². The minimum Gasteiger partial charge on any atom is -0.351 e. The maximum Gasteiger partial charge on any atom is 0.224 e. The summed E-state index contributed by atoms with van der Waals surface area (Å²) in [5.41, 5.74) is 1.01. The smallest absolute Gasteiger partial charge is 0.224 e. The summed E-state index contributed by atoms with van der Waals surface area (Å²) in [6, 6.07) is 9.78. The van der Waals surface area contributed by atoms with Crippen LogP contribution in [0.15, 0.2) is 44.7 Å². The largest absolute Gasteiger partial charge is 0.351 e. The Labute approximate surface area is 127 Å². The maximum absolute atomic E-state index is 11.8. The van der Waals surface area contributed by atoms with Gasteiger partial charge in [0.25, 0.3) is 0 Å². The van der Waals surface area contributed by atoms with E-state index in [2.05, 4.69) is 37.2 Å². The Balaban J connectivity index is 1.88. The minimum absolute atomic E-state index is 0.0356. The molecule has 1 aromatic carbocycles. The van der Waals surface area contributed by atoms with E-state index in [1.807, 2.05) is 35.7 Å². The summed E-state index contributed by atoms with van der Waals surface area (Å²) in [4.78, 5) is 12.9. The van der Waals surface area contributed by atoms with E-state index in [0.717, 1.165) is 19.4 Å². The van der Waals surface area contributed by atoms with Crippen molar-refractivity contribution in [2.45, 2.75) is 13.0 Å². The standard InChI is InChI=1S/C13H11Br2NOS/c14-10-3-1-2-9(6-10)7-13(17)16-8-12-11(15)4-5-18-12/h1-6H,7-8H2,(H,16,17). The van der Waals surface area contributed by atoms with Crippen molar-refractivity contribution in [3.8, 4) is 0 Å². The molecule has 5 heteroatoms. The SMILES string of the molecule is O=C(Cc1cccc(Br)c1)NCc1sccc1Br. The van der Waals surface area contributed by atoms with Crippen molar-refractivity contribution >= 4 is 49.1 Å². The highest BCUT2D eigenvalue weighted by Crippen LogP contribution is 2.22. The van der Waals surface area contributed by atoms with Gasteiger partial charge in [-0.3, -0.25) is 4.79 Å². The highest BCUT2D eigenvalue weighted by molar-refractivity contribution is 9.10. The van der Waals surface area contributed by atoms with Crippen LogP contribution >= 0.6 is 43.2 Å². The van der Waals surface area contributed by atoms with Crippen molar-refractivity contribution in [1.29, 1.82) is 0 Å². The Bertz CT molecular complexity index is 553. The quantitative estimate of drug-likeness (QED) is 0.838. The van der Waals surface area contributed by atoms with Gasteiger partial charge >= 0.3 is 0 Å². The second-order valence-corrected chi connectivity index (χ2v) is 6.55. The molecule has 2 rings (SSSR count). The average molecular weight is 389 g/mol. The van der Waals surface area contributed by atoms with Crippen LogP contribution in [0, 0.1) is 0 Å². The highest BCUT2D eigenvalue weighted by Gasteiger charge is 2.06. The normalized spacial score (nSPS) is 10.3. The van der Waals surface area contributed by atoms with Crippen LogP contribution in [0.4, 0.5) is 0 Å². The Morgan fingerprint density at radius 1 is 1.28 bits per heavy atom. The van der Waals surface area contributed by atoms with Crippen molar-refractivity contribution in [3.63, 3.8) is 0 Å². The van der Waals surface area contributed by atoms with Crippen LogP contribution in [0.1, 0.15) is 10.4 Å². The second kappa shape index (κ2) is 6.50. The van der Waals surface area contributed by atoms with Crippen LogP contribution in [-0.2, 0) is 17.8 Å². The lowest BCUT2D eigenvalue weighted by Gasteiger charge is -2.05. The molecule has 0 spiro atoms. The molecule has 0 aliphatic rings. The Hall–Kier alpha value is -0.650. The predicted octanol–water partition coefficient (Wildman–Crippen LogP) is 4.13. The molecular weight excluding hydrogens is 378 g/mol. The van der Waals surface area contributed by atoms with E-state index in [0.29, 0.717) is 13.0 Å². The van der Waals surface area contributed by atoms with Crippen molar-refractivity contribution in [2.24, 2.45) is 0 Å². The minimum atomic E-state index is 0.0356. The fourth-order valence-corrected chi connectivity index (χ4v) is 3.40. The van der Waals surface area contributed by atoms with Gasteiger partial charge in [0.05, 0.1) is 13.0 Å². The fourth-order valence-electron chi connectivity index (χ4n) is 1.52. The molecule has 2 nitrogen and oxygen atoms in total. The number of thiophene rings is 1. The fraction of sp³-hybridized carbons (Fsp3) is 0.154. The van der Waals surface area contributed by atoms with Crippen molar-refractivity contribution in [3.05, 3.63) is 55.1 Å². The number of carbonyl (C=O) groups excluding carboxylic acids is 1. The molecule has 1 N–H and O–H groups in total. The molecule has 0 bridgehead atoms. The monoisotopic (exact) mass is 387 g/mol. The zero-order chi connectivity index (χ0) is 13.0. The number of carbonyl (C=O) groups is 1. The van der Waals surface area contributed by atoms with E-state index >= 15 is 0 Å². The van der Waals surface area contributed by atoms with Crippen LogP contribution in [0.5, 0.6) is 0 Å². The van der Waals surface area contributed by atoms with Gasteiger partial charge in [-0.15, -0.1) is 11.3 Å². The van der Waals surface area contributed by atoms with Gasteiger partial charge in [-0.05, 0) is 45.1 Å². The summed E-state index contributed by atoms with van der Waals surface area (Å²) in [7, 11) is 0. The molecule has 1 heterocycles. The summed E-state index contributed by atoms with van der Waals surface area (Å²) in [5.74, 6) is 0.0356. The molecule has 2 aromatic rings. The molecule has 1 amide bonds. The number of hydrogen-bond donors (Lipinski definition) is 1. The van der Waals surface area contributed by atoms with Crippen LogP contribution in [-0.4, -0.2) is 5.91 Å². The molecule has 0 aliphatic carbocycles. The van der Waals surface area contributed by atoms with Crippen LogP contribution < -0.4 is 5.32 Å². The number of halogens is 2. The molecular formula is C13H11Br2NOS. The van der Waals surface area contributed by atoms with E-state index in [1.54, 1.807) is 11.3 Å². The number of benzene rings is 1. The zero-order valence-corrected chi connectivity index (χ0v) is 13.4. The molecule has 0 unspecified atom stereocenters. The number of nitrogens with one attached hydrogen (secondary N) is 1. The topological polar surface area (TPSA) is 29.1 Å². The highest BCUT2D eigenvalue weighted by atomic mass is 79.9. The Morgan fingerprint density at radius 3 is 2.78 bits per heavy atom. The lowest BCUT2D eigenvalue weighted by atomic mass is 10.1. The van der Waals surface area contributed by atoms with Gasteiger partial charge in [-0.25, -0.2) is 0 Å². The first-order valence-electron chi connectivity index (χ1n) is 5.38. The summed E-state index contributed by atoms with van der Waals surface area (Å²) in [6.45, 7) is 0.574. The van der Waals surface area contributed by atoms with E-state index in [1.165, 1.54) is 0 Å². The molecule has 0 atom stereocenters. The third kappa shape index (κ3) is 3.93. The predicted molar refractivity (Wildman–Crippen MR) is 81.7 cm³/mol. The third-order valence-corrected chi connectivity index (χ3v) is 4.81. The van der Waals surface area contributed by atoms with Crippen LogP contribution in [0.2, 0.25) is 0 Å². The average Bonchev–Trinajstić information content (AvgIpc) is 2.72. The summed E-state index contributed by atoms with van der Waals surface area (Å²) >= 11 is 8.47. The van der Waals surface area contributed by atoms with Crippen molar-refractivity contribution < 1.29 is 4.79 Å². The lowest BCUT2D eigenvalue weighted by Crippen LogP contribution is -2.24. The van der Waals surface area contributed by atoms with Gasteiger partial charge in [-0.1, -0.05) is 28.1 Å². The first kappa shape index (κ1) is 13.8. The van der Waals surface area contributed by atoms with Gasteiger partial charge in [-0.2, -0.15) is 0 Å². The van der Waals surface area contributed by atoms with Crippen molar-refractivity contribution in [1.82, 2.24) is 5.32 Å². The number of rotatable bonds is 4. The van der Waals surface area contributed by atoms with Gasteiger partial charge in [0, 0.05) is 13.8 Å². The molecule has 0 saturated heterocycles. The maximum atomic E-state index is 11.8. The second-order valence-electron chi connectivity index (χ2n) is 3.78. The summed E-state index contributed by atoms with van der Waals surface area (Å²) < 4.78 is 2.05. The first-order chi connectivity index (χ1) is 8.65. The first-order valence-corrected chi connectivity index (χ1v) is 7.85. The summed E-state index contributed by atoms with van der Waals surface area (Å²) in [6.07, 6.45) is 0.405. The zero-order valence-electron chi connectivity index (χ0n) is 9.45. The molecule has 0 aliphatic heterocycles. The van der Waals surface area contributed by atoms with Crippen LogP contribution in [0.3, 0.4) is 0 Å². The molecule has 1 aromatic heterocycles. The number of hydrogen-bond acceptors (Lipinski definition) is 2. The molecule has 0 saturated carbocycles. The van der Waals surface area contributed by atoms with Gasteiger partial charge in [0.15, 0.2) is 0 Å². The van der Waals surface area contributed by atoms with Gasteiger partial charge in [0.2, 0.25) is 5.91 Å².